The van der Waals surface area contributed by atoms with Crippen LogP contribution in [0.4, 0.5) is 0 Å². The Kier molecular flexibility index (Phi) is 6.71. The third kappa shape index (κ3) is 4.72. The number of methoxy groups -OCH3 is 3. The molecule has 0 bridgehead atoms. The number of nitrogens with one attached hydrogen (secondary N) is 1. The minimum atomic E-state index is -0.0653. The minimum absolute atomic E-state index is 0.0114. The molecule has 2 atom stereocenters. The lowest BCUT2D eigenvalue weighted by Gasteiger charge is -2.19. The molecule has 0 spiro atoms. The smallest absolute Gasteiger partial charge is 0.224 e. The first-order chi connectivity index (χ1) is 13.6. The Balaban J connectivity index is 1.65. The van der Waals surface area contributed by atoms with Crippen LogP contribution >= 0.6 is 0 Å². The predicted molar refractivity (Wildman–Crippen MR) is 104 cm³/mol. The number of aromatic nitrogens is 1. The van der Waals surface area contributed by atoms with Gasteiger partial charge in [0.05, 0.1) is 47.0 Å². The largest absolute Gasteiger partial charge is 0.493 e. The minimum Gasteiger partial charge on any atom is -0.493 e. The van der Waals surface area contributed by atoms with E-state index >= 15 is 0 Å². The molecule has 1 amide bonds. The molecule has 1 saturated heterocycles. The molecule has 1 aromatic heterocycles. The molecule has 1 aromatic carbocycles. The Morgan fingerprint density at radius 3 is 2.36 bits per heavy atom. The number of carbonyl (C=O) groups excluding carboxylic acids is 1. The number of carbonyl (C=O) groups is 1. The first-order valence-electron chi connectivity index (χ1n) is 9.19. The van der Waals surface area contributed by atoms with Crippen LogP contribution in [0.15, 0.2) is 36.7 Å². The molecular weight excluding hydrogens is 360 g/mol. The molecule has 0 saturated carbocycles. The maximum absolute atomic E-state index is 12.6. The van der Waals surface area contributed by atoms with E-state index in [1.165, 1.54) is 5.56 Å². The van der Waals surface area contributed by atoms with Gasteiger partial charge in [0.1, 0.15) is 0 Å². The van der Waals surface area contributed by atoms with Crippen LogP contribution in [-0.4, -0.2) is 51.5 Å². The van der Waals surface area contributed by atoms with Crippen LogP contribution in [0.5, 0.6) is 17.2 Å². The Bertz CT molecular complexity index is 772. The summed E-state index contributed by atoms with van der Waals surface area (Å²) in [7, 11) is 4.66. The summed E-state index contributed by atoms with van der Waals surface area (Å²) in [5.74, 6) is 1.75. The zero-order chi connectivity index (χ0) is 19.9. The molecule has 2 heterocycles. The molecule has 7 nitrogen and oxygen atoms in total. The van der Waals surface area contributed by atoms with Crippen molar-refractivity contribution in [2.24, 2.45) is 5.92 Å². The topological polar surface area (TPSA) is 78.9 Å². The second-order valence-corrected chi connectivity index (χ2v) is 6.74. The summed E-state index contributed by atoms with van der Waals surface area (Å²) in [6.45, 7) is 1.16. The molecule has 150 valence electrons. The number of hydrogen-bond donors (Lipinski definition) is 1. The Hall–Kier alpha value is -2.80. The van der Waals surface area contributed by atoms with Crippen molar-refractivity contribution in [3.8, 4) is 17.2 Å². The highest BCUT2D eigenvalue weighted by Crippen LogP contribution is 2.38. The maximum Gasteiger partial charge on any atom is 0.224 e. The molecule has 1 aliphatic heterocycles. The SMILES string of the molecule is COc1cc(CC(=O)NC2COCC2Cc2ccncc2)cc(OC)c1OC. The van der Waals surface area contributed by atoms with Crippen molar-refractivity contribution in [2.45, 2.75) is 18.9 Å². The van der Waals surface area contributed by atoms with E-state index in [2.05, 4.69) is 10.3 Å². The number of nitrogens with zero attached hydrogens (tertiary/aromatic N) is 1. The van der Waals surface area contributed by atoms with Crippen molar-refractivity contribution in [2.75, 3.05) is 34.5 Å². The van der Waals surface area contributed by atoms with Crippen LogP contribution in [0.25, 0.3) is 0 Å². The van der Waals surface area contributed by atoms with E-state index in [-0.39, 0.29) is 24.3 Å². The van der Waals surface area contributed by atoms with Crippen molar-refractivity contribution in [1.82, 2.24) is 10.3 Å². The van der Waals surface area contributed by atoms with E-state index in [4.69, 9.17) is 18.9 Å². The molecule has 1 aliphatic rings. The second-order valence-electron chi connectivity index (χ2n) is 6.74. The molecule has 1 N–H and O–H groups in total. The summed E-state index contributed by atoms with van der Waals surface area (Å²) in [5, 5.41) is 3.11. The summed E-state index contributed by atoms with van der Waals surface area (Å²) in [6, 6.07) is 7.56. The van der Waals surface area contributed by atoms with Crippen LogP contribution in [0.1, 0.15) is 11.1 Å². The Morgan fingerprint density at radius 2 is 1.75 bits per heavy atom. The molecule has 0 aliphatic carbocycles. The van der Waals surface area contributed by atoms with Crippen molar-refractivity contribution < 1.29 is 23.7 Å². The lowest BCUT2D eigenvalue weighted by Crippen LogP contribution is -2.41. The normalized spacial score (nSPS) is 18.5. The van der Waals surface area contributed by atoms with Gasteiger partial charge in [0.15, 0.2) is 11.5 Å². The average molecular weight is 386 g/mol. The summed E-state index contributed by atoms with van der Waals surface area (Å²) in [5.41, 5.74) is 1.98. The van der Waals surface area contributed by atoms with Gasteiger partial charge in [-0.1, -0.05) is 0 Å². The summed E-state index contributed by atoms with van der Waals surface area (Å²) < 4.78 is 21.6. The van der Waals surface area contributed by atoms with E-state index < -0.39 is 0 Å². The Labute approximate surface area is 165 Å². The van der Waals surface area contributed by atoms with Gasteiger partial charge in [-0.05, 0) is 41.8 Å². The Morgan fingerprint density at radius 1 is 1.07 bits per heavy atom. The number of hydrogen-bond acceptors (Lipinski definition) is 6. The molecule has 1 fully saturated rings. The quantitative estimate of drug-likeness (QED) is 0.748. The first kappa shape index (κ1) is 19.9. The van der Waals surface area contributed by atoms with E-state index in [1.54, 1.807) is 45.9 Å². The summed E-state index contributed by atoms with van der Waals surface area (Å²) in [6.07, 6.45) is 4.62. The summed E-state index contributed by atoms with van der Waals surface area (Å²) >= 11 is 0. The van der Waals surface area contributed by atoms with Gasteiger partial charge >= 0.3 is 0 Å². The lowest BCUT2D eigenvalue weighted by molar-refractivity contribution is -0.121. The highest BCUT2D eigenvalue weighted by molar-refractivity contribution is 5.79. The van der Waals surface area contributed by atoms with E-state index in [1.807, 2.05) is 12.1 Å². The van der Waals surface area contributed by atoms with Crippen LogP contribution in [0.2, 0.25) is 0 Å². The van der Waals surface area contributed by atoms with Crippen molar-refractivity contribution >= 4 is 5.91 Å². The highest BCUT2D eigenvalue weighted by atomic mass is 16.5. The molecule has 7 heteroatoms. The van der Waals surface area contributed by atoms with E-state index in [9.17, 15) is 4.79 Å². The molecule has 2 unspecified atom stereocenters. The number of benzene rings is 1. The highest BCUT2D eigenvalue weighted by Gasteiger charge is 2.29. The predicted octanol–water partition coefficient (Wildman–Crippen LogP) is 2.02. The van der Waals surface area contributed by atoms with Gasteiger partial charge in [-0.3, -0.25) is 9.78 Å². The number of ether oxygens (including phenoxy) is 4. The monoisotopic (exact) mass is 386 g/mol. The third-order valence-corrected chi connectivity index (χ3v) is 4.88. The molecule has 28 heavy (non-hydrogen) atoms. The zero-order valence-corrected chi connectivity index (χ0v) is 16.4. The van der Waals surface area contributed by atoms with Crippen LogP contribution in [0.3, 0.4) is 0 Å². The summed E-state index contributed by atoms with van der Waals surface area (Å²) in [4.78, 5) is 16.7. The van der Waals surface area contributed by atoms with Gasteiger partial charge in [-0.15, -0.1) is 0 Å². The number of pyridine rings is 1. The van der Waals surface area contributed by atoms with Crippen molar-refractivity contribution in [3.05, 3.63) is 47.8 Å². The molecule has 2 aromatic rings. The van der Waals surface area contributed by atoms with E-state index in [0.717, 1.165) is 12.0 Å². The maximum atomic E-state index is 12.6. The van der Waals surface area contributed by atoms with Crippen molar-refractivity contribution in [3.63, 3.8) is 0 Å². The van der Waals surface area contributed by atoms with E-state index in [0.29, 0.717) is 30.5 Å². The second kappa shape index (κ2) is 9.41. The van der Waals surface area contributed by atoms with Crippen LogP contribution < -0.4 is 19.5 Å². The van der Waals surface area contributed by atoms with Crippen LogP contribution in [-0.2, 0) is 22.4 Å². The fraction of sp³-hybridized carbons (Fsp3) is 0.429. The third-order valence-electron chi connectivity index (χ3n) is 4.88. The number of rotatable bonds is 8. The number of amides is 1. The molecule has 3 rings (SSSR count). The average Bonchev–Trinajstić information content (AvgIpc) is 3.14. The van der Waals surface area contributed by atoms with Gasteiger partial charge in [-0.25, -0.2) is 0 Å². The van der Waals surface area contributed by atoms with Gasteiger partial charge in [-0.2, -0.15) is 0 Å². The van der Waals surface area contributed by atoms with Gasteiger partial charge in [0, 0.05) is 18.3 Å². The van der Waals surface area contributed by atoms with Gasteiger partial charge < -0.3 is 24.3 Å². The molecular formula is C21H26N2O5. The fourth-order valence-corrected chi connectivity index (χ4v) is 3.46. The van der Waals surface area contributed by atoms with Crippen LogP contribution in [0, 0.1) is 5.92 Å². The first-order valence-corrected chi connectivity index (χ1v) is 9.19. The van der Waals surface area contributed by atoms with Gasteiger partial charge in [0.25, 0.3) is 0 Å². The van der Waals surface area contributed by atoms with Gasteiger partial charge in [0.2, 0.25) is 11.7 Å². The van der Waals surface area contributed by atoms with Crippen molar-refractivity contribution in [1.29, 1.82) is 0 Å². The zero-order valence-electron chi connectivity index (χ0n) is 16.4. The lowest BCUT2D eigenvalue weighted by atomic mass is 9.95. The fourth-order valence-electron chi connectivity index (χ4n) is 3.46. The standard InChI is InChI=1S/C21H26N2O5/c1-25-18-9-15(10-19(26-2)21(18)27-3)11-20(24)23-17-13-28-12-16(17)8-14-4-6-22-7-5-14/h4-7,9-10,16-17H,8,11-13H2,1-3H3,(H,23,24). The molecule has 0 radical (unpaired) electrons.